The van der Waals surface area contributed by atoms with E-state index in [4.69, 9.17) is 0 Å². The maximum Gasteiger partial charge on any atom is 1.00 e. The van der Waals surface area contributed by atoms with E-state index in [1.165, 1.54) is 0 Å². The van der Waals surface area contributed by atoms with Crippen LogP contribution in [0.1, 0.15) is 5.69 Å². The van der Waals surface area contributed by atoms with Gasteiger partial charge >= 0.3 is 59.1 Å². The Hall–Kier alpha value is 1.65. The minimum absolute atomic E-state index is 0. The summed E-state index contributed by atoms with van der Waals surface area (Å²) in [5.41, 5.74) is 0.592. The van der Waals surface area contributed by atoms with Gasteiger partial charge in [-0.15, -0.1) is 11.4 Å². The molecular weight excluding hydrogens is 243 g/mol. The molecule has 0 radical (unpaired) electrons. The minimum atomic E-state index is -4.45. The van der Waals surface area contributed by atoms with Crippen LogP contribution in [0.2, 0.25) is 0 Å². The van der Waals surface area contributed by atoms with Crippen LogP contribution in [-0.4, -0.2) is 4.98 Å². The van der Waals surface area contributed by atoms with Gasteiger partial charge in [-0.2, -0.15) is 0 Å². The Morgan fingerprint density at radius 2 is 2.00 bits per heavy atom. The van der Waals surface area contributed by atoms with Crippen LogP contribution in [0.3, 0.4) is 0 Å². The van der Waals surface area contributed by atoms with E-state index in [0.29, 0.717) is 17.1 Å². The van der Waals surface area contributed by atoms with Crippen LogP contribution in [0, 0.1) is 0 Å². The standard InChI is InChI=1S/C6H8NO3PS.2Na/c8-11(9,10)12-5-6-3-1-2-4-7-6;;/h1-4H,5H2,(H2,8,9,10);;/q;2*+1/p-2. The van der Waals surface area contributed by atoms with E-state index >= 15 is 0 Å². The molecule has 66 valence electrons. The molecule has 0 N–H and O–H groups in total. The molecule has 0 spiro atoms. The van der Waals surface area contributed by atoms with Crippen molar-refractivity contribution in [3.05, 3.63) is 30.1 Å². The molecule has 1 rings (SSSR count). The summed E-state index contributed by atoms with van der Waals surface area (Å²) >= 11 is 0.369. The van der Waals surface area contributed by atoms with Gasteiger partial charge < -0.3 is 14.4 Å². The zero-order chi connectivity index (χ0) is 9.03. The zero-order valence-corrected chi connectivity index (χ0v) is 13.8. The molecule has 1 heterocycles. The van der Waals surface area contributed by atoms with Gasteiger partial charge in [-0.1, -0.05) is 6.07 Å². The Balaban J connectivity index is 0. The normalized spacial score (nSPS) is 9.86. The Bertz CT molecular complexity index is 294. The largest absolute Gasteiger partial charge is 1.00 e. The van der Waals surface area contributed by atoms with Crippen molar-refractivity contribution in [3.63, 3.8) is 0 Å². The number of nitrogens with zero attached hydrogens (tertiary/aromatic N) is 1. The van der Waals surface area contributed by atoms with E-state index in [2.05, 4.69) is 4.98 Å². The fraction of sp³-hybridized carbons (Fsp3) is 0.167. The molecule has 4 nitrogen and oxygen atoms in total. The van der Waals surface area contributed by atoms with Gasteiger partial charge in [0.05, 0.1) is 5.69 Å². The van der Waals surface area contributed by atoms with Gasteiger partial charge in [0.2, 0.25) is 0 Å². The molecule has 1 aromatic rings. The predicted octanol–water partition coefficient (Wildman–Crippen LogP) is -5.85. The van der Waals surface area contributed by atoms with Crippen molar-refractivity contribution in [2.24, 2.45) is 0 Å². The van der Waals surface area contributed by atoms with Gasteiger partial charge in [-0.25, -0.2) is 0 Å². The van der Waals surface area contributed by atoms with E-state index in [1.54, 1.807) is 24.4 Å². The molecular formula is C6H6NNa2O3PS. The van der Waals surface area contributed by atoms with Gasteiger partial charge in [0.25, 0.3) is 0 Å². The van der Waals surface area contributed by atoms with Crippen LogP contribution in [0.15, 0.2) is 24.4 Å². The average molecular weight is 249 g/mol. The summed E-state index contributed by atoms with van der Waals surface area (Å²) in [7, 11) is 0. The molecule has 0 atom stereocenters. The molecule has 0 unspecified atom stereocenters. The minimum Gasteiger partial charge on any atom is -0.803 e. The fourth-order valence-corrected chi connectivity index (χ4v) is 1.96. The quantitative estimate of drug-likeness (QED) is 0.394. The Labute approximate surface area is 131 Å². The van der Waals surface area contributed by atoms with Crippen molar-refractivity contribution < 1.29 is 73.5 Å². The summed E-state index contributed by atoms with van der Waals surface area (Å²) in [4.78, 5) is 24.3. The first kappa shape index (κ1) is 18.0. The second-order valence-electron chi connectivity index (χ2n) is 2.04. The van der Waals surface area contributed by atoms with E-state index in [1.807, 2.05) is 0 Å². The monoisotopic (exact) mass is 249 g/mol. The van der Waals surface area contributed by atoms with Crippen molar-refractivity contribution >= 4 is 18.2 Å². The molecule has 0 saturated heterocycles. The van der Waals surface area contributed by atoms with E-state index in [9.17, 15) is 14.4 Å². The van der Waals surface area contributed by atoms with Crippen LogP contribution in [-0.2, 0) is 10.3 Å². The van der Waals surface area contributed by atoms with Crippen LogP contribution >= 0.6 is 18.2 Å². The van der Waals surface area contributed by atoms with Crippen molar-refractivity contribution in [2.45, 2.75) is 5.75 Å². The molecule has 0 fully saturated rings. The third-order valence-electron chi connectivity index (χ3n) is 1.10. The number of hydrogen-bond acceptors (Lipinski definition) is 5. The first-order valence-corrected chi connectivity index (χ1v) is 6.28. The summed E-state index contributed by atoms with van der Waals surface area (Å²) in [6.45, 7) is -4.45. The Morgan fingerprint density at radius 3 is 2.43 bits per heavy atom. The number of hydrogen-bond donors (Lipinski definition) is 0. The van der Waals surface area contributed by atoms with E-state index in [0.717, 1.165) is 0 Å². The van der Waals surface area contributed by atoms with Gasteiger partial charge in [0, 0.05) is 11.9 Å². The van der Waals surface area contributed by atoms with Gasteiger partial charge in [-0.05, 0) is 18.9 Å². The summed E-state index contributed by atoms with van der Waals surface area (Å²) in [6.07, 6.45) is 1.55. The number of pyridine rings is 1. The second-order valence-corrected chi connectivity index (χ2v) is 5.60. The number of aromatic nitrogens is 1. The van der Waals surface area contributed by atoms with Crippen LogP contribution < -0.4 is 68.9 Å². The molecule has 14 heavy (non-hydrogen) atoms. The molecule has 0 bridgehead atoms. The molecule has 0 amide bonds. The maximum atomic E-state index is 10.2. The Morgan fingerprint density at radius 1 is 1.36 bits per heavy atom. The third kappa shape index (κ3) is 8.92. The van der Waals surface area contributed by atoms with Crippen molar-refractivity contribution in [3.8, 4) is 0 Å². The summed E-state index contributed by atoms with van der Waals surface area (Å²) in [5.74, 6) is 0.116. The molecule has 0 aromatic carbocycles. The maximum absolute atomic E-state index is 10.2. The van der Waals surface area contributed by atoms with Gasteiger partial charge in [-0.3, -0.25) is 4.98 Å². The predicted molar refractivity (Wildman–Crippen MR) is 43.1 cm³/mol. The van der Waals surface area contributed by atoms with Crippen molar-refractivity contribution in [1.29, 1.82) is 0 Å². The summed E-state index contributed by atoms with van der Waals surface area (Å²) in [6, 6.07) is 5.13. The molecule has 0 aliphatic rings. The molecule has 1 aromatic heterocycles. The second kappa shape index (κ2) is 8.76. The van der Waals surface area contributed by atoms with Crippen LogP contribution in [0.5, 0.6) is 0 Å². The zero-order valence-electron chi connectivity index (χ0n) is 8.04. The molecule has 0 aliphatic heterocycles. The van der Waals surface area contributed by atoms with E-state index < -0.39 is 6.80 Å². The SMILES string of the molecule is O=P([O-])([O-])SCc1ccccn1.[Na+].[Na+]. The number of rotatable bonds is 3. The Kier molecular flexibility index (Phi) is 11.3. The molecule has 8 heteroatoms. The van der Waals surface area contributed by atoms with Crippen molar-refractivity contribution in [1.82, 2.24) is 4.98 Å². The first-order chi connectivity index (χ1) is 5.58. The molecule has 0 aliphatic carbocycles. The van der Waals surface area contributed by atoms with E-state index in [-0.39, 0.29) is 64.9 Å². The van der Waals surface area contributed by atoms with Gasteiger partial charge in [0.1, 0.15) is 0 Å². The average Bonchev–Trinajstić information content (AvgIpc) is 2.02. The smallest absolute Gasteiger partial charge is 0.803 e. The van der Waals surface area contributed by atoms with Gasteiger partial charge in [0.15, 0.2) is 0 Å². The van der Waals surface area contributed by atoms with Crippen LogP contribution in [0.4, 0.5) is 0 Å². The third-order valence-corrected chi connectivity index (χ3v) is 3.17. The molecule has 0 saturated carbocycles. The fourth-order valence-electron chi connectivity index (χ4n) is 0.629. The first-order valence-electron chi connectivity index (χ1n) is 3.14. The summed E-state index contributed by atoms with van der Waals surface area (Å²) < 4.78 is 10.2. The van der Waals surface area contributed by atoms with Crippen molar-refractivity contribution in [2.75, 3.05) is 0 Å². The van der Waals surface area contributed by atoms with Crippen LogP contribution in [0.25, 0.3) is 0 Å². The topological polar surface area (TPSA) is 76.1 Å². The summed E-state index contributed by atoms with van der Waals surface area (Å²) in [5, 5.41) is 0.